The Morgan fingerprint density at radius 2 is 1.75 bits per heavy atom. The number of nitrogens with one attached hydrogen (secondary N) is 2. The number of amides is 2. The van der Waals surface area contributed by atoms with Crippen molar-refractivity contribution >= 4 is 11.8 Å². The molecule has 6 nitrogen and oxygen atoms in total. The van der Waals surface area contributed by atoms with E-state index < -0.39 is 5.60 Å². The molecule has 0 aromatic rings. The van der Waals surface area contributed by atoms with E-state index in [0.29, 0.717) is 12.8 Å². The lowest BCUT2D eigenvalue weighted by Gasteiger charge is -2.25. The Hall–Kier alpha value is -1.14. The summed E-state index contributed by atoms with van der Waals surface area (Å²) in [4.78, 5) is 22.0. The van der Waals surface area contributed by atoms with Crippen molar-refractivity contribution in [3.05, 3.63) is 0 Å². The van der Waals surface area contributed by atoms with Crippen molar-refractivity contribution in [2.75, 3.05) is 19.6 Å². The zero-order chi connectivity index (χ0) is 12.6. The Morgan fingerprint density at radius 1 is 1.19 bits per heavy atom. The average molecular weight is 231 g/mol. The van der Waals surface area contributed by atoms with Gasteiger partial charge in [0.25, 0.3) is 0 Å². The number of hydrogen-bond donors (Lipinski definition) is 4. The summed E-state index contributed by atoms with van der Waals surface area (Å²) < 4.78 is 0. The number of carbonyl (C=O) groups excluding carboxylic acids is 2. The van der Waals surface area contributed by atoms with Crippen molar-refractivity contribution in [1.82, 2.24) is 10.6 Å². The van der Waals surface area contributed by atoms with Crippen LogP contribution < -0.4 is 16.4 Å². The minimum absolute atomic E-state index is 0.112. The highest BCUT2D eigenvalue weighted by molar-refractivity contribution is 5.85. The van der Waals surface area contributed by atoms with Crippen molar-refractivity contribution in [1.29, 1.82) is 0 Å². The van der Waals surface area contributed by atoms with Crippen molar-refractivity contribution in [3.63, 3.8) is 0 Å². The van der Waals surface area contributed by atoms with Crippen molar-refractivity contribution in [2.45, 2.75) is 32.3 Å². The largest absolute Gasteiger partial charge is 0.388 e. The van der Waals surface area contributed by atoms with Crippen LogP contribution in [0.4, 0.5) is 0 Å². The summed E-state index contributed by atoms with van der Waals surface area (Å²) in [6.45, 7) is 3.65. The Balaban J connectivity index is 3.85. The molecule has 0 saturated heterocycles. The summed E-state index contributed by atoms with van der Waals surface area (Å²) in [5, 5.41) is 14.8. The predicted octanol–water partition coefficient (Wildman–Crippen LogP) is -1.27. The molecule has 0 aliphatic heterocycles. The minimum atomic E-state index is -0.868. The zero-order valence-electron chi connectivity index (χ0n) is 9.88. The van der Waals surface area contributed by atoms with Crippen molar-refractivity contribution in [3.8, 4) is 0 Å². The van der Waals surface area contributed by atoms with Gasteiger partial charge in [0.2, 0.25) is 11.8 Å². The van der Waals surface area contributed by atoms with E-state index in [1.54, 1.807) is 0 Å². The second kappa shape index (κ2) is 7.19. The van der Waals surface area contributed by atoms with Gasteiger partial charge in [-0.3, -0.25) is 9.59 Å². The molecule has 0 rings (SSSR count). The fourth-order valence-electron chi connectivity index (χ4n) is 1.08. The number of carbonyl (C=O) groups is 2. The van der Waals surface area contributed by atoms with Gasteiger partial charge < -0.3 is 21.5 Å². The molecule has 2 amide bonds. The molecular formula is C10H21N3O3. The van der Waals surface area contributed by atoms with Crippen LogP contribution in [0.15, 0.2) is 0 Å². The van der Waals surface area contributed by atoms with Gasteiger partial charge in [-0.15, -0.1) is 0 Å². The average Bonchev–Trinajstić information content (AvgIpc) is 2.32. The molecule has 16 heavy (non-hydrogen) atoms. The monoisotopic (exact) mass is 231 g/mol. The van der Waals surface area contributed by atoms with Crippen LogP contribution in [0.25, 0.3) is 0 Å². The van der Waals surface area contributed by atoms with Gasteiger partial charge >= 0.3 is 0 Å². The lowest BCUT2D eigenvalue weighted by atomic mass is 9.98. The van der Waals surface area contributed by atoms with Crippen LogP contribution in [0.1, 0.15) is 26.7 Å². The molecule has 0 spiro atoms. The van der Waals surface area contributed by atoms with E-state index in [9.17, 15) is 14.7 Å². The number of aliphatic hydroxyl groups is 1. The standard InChI is InChI=1S/C10H21N3O3/c1-3-10(16,4-2)7-13-9(15)6-12-8(14)5-11/h16H,3-7,11H2,1-2H3,(H,12,14)(H,13,15). The Bertz CT molecular complexity index is 239. The van der Waals surface area contributed by atoms with E-state index in [1.807, 2.05) is 13.8 Å². The van der Waals surface area contributed by atoms with E-state index in [1.165, 1.54) is 0 Å². The van der Waals surface area contributed by atoms with Crippen LogP contribution >= 0.6 is 0 Å². The smallest absolute Gasteiger partial charge is 0.239 e. The second-order valence-electron chi connectivity index (χ2n) is 3.69. The molecule has 0 atom stereocenters. The third-order valence-electron chi connectivity index (χ3n) is 2.56. The molecule has 5 N–H and O–H groups in total. The molecule has 0 saturated carbocycles. The molecule has 0 unspecified atom stereocenters. The molecule has 6 heteroatoms. The van der Waals surface area contributed by atoms with E-state index in [4.69, 9.17) is 5.73 Å². The van der Waals surface area contributed by atoms with Gasteiger partial charge in [-0.2, -0.15) is 0 Å². The maximum atomic E-state index is 11.3. The van der Waals surface area contributed by atoms with Crippen molar-refractivity contribution < 1.29 is 14.7 Å². The lowest BCUT2D eigenvalue weighted by Crippen LogP contribution is -2.46. The molecular weight excluding hydrogens is 210 g/mol. The first-order valence-corrected chi connectivity index (χ1v) is 5.43. The first-order chi connectivity index (χ1) is 7.47. The Kier molecular flexibility index (Phi) is 6.67. The summed E-state index contributed by atoms with van der Waals surface area (Å²) in [5.41, 5.74) is 4.19. The maximum absolute atomic E-state index is 11.3. The Morgan fingerprint density at radius 3 is 2.19 bits per heavy atom. The van der Waals surface area contributed by atoms with Crippen LogP contribution in [0, 0.1) is 0 Å². The molecule has 0 fully saturated rings. The van der Waals surface area contributed by atoms with E-state index in [2.05, 4.69) is 10.6 Å². The summed E-state index contributed by atoms with van der Waals surface area (Å²) in [5.74, 6) is -0.710. The summed E-state index contributed by atoms with van der Waals surface area (Å²) in [6, 6.07) is 0. The molecule has 0 aromatic carbocycles. The number of nitrogens with two attached hydrogens (primary N) is 1. The fourth-order valence-corrected chi connectivity index (χ4v) is 1.08. The van der Waals surface area contributed by atoms with E-state index in [0.717, 1.165) is 0 Å². The SMILES string of the molecule is CCC(O)(CC)CNC(=O)CNC(=O)CN. The molecule has 0 aliphatic rings. The topological polar surface area (TPSA) is 104 Å². The van der Waals surface area contributed by atoms with Crippen LogP contribution in [-0.4, -0.2) is 42.2 Å². The van der Waals surface area contributed by atoms with Crippen LogP contribution in [0.2, 0.25) is 0 Å². The van der Waals surface area contributed by atoms with Gasteiger partial charge in [-0.05, 0) is 12.8 Å². The maximum Gasteiger partial charge on any atom is 0.239 e. The molecule has 0 aliphatic carbocycles. The number of hydrogen-bond acceptors (Lipinski definition) is 4. The molecule has 0 bridgehead atoms. The zero-order valence-corrected chi connectivity index (χ0v) is 9.88. The van der Waals surface area contributed by atoms with Gasteiger partial charge in [0, 0.05) is 6.54 Å². The molecule has 0 aromatic heterocycles. The van der Waals surface area contributed by atoms with Gasteiger partial charge in [0.1, 0.15) is 0 Å². The fraction of sp³-hybridized carbons (Fsp3) is 0.800. The highest BCUT2D eigenvalue weighted by Gasteiger charge is 2.22. The Labute approximate surface area is 95.6 Å². The highest BCUT2D eigenvalue weighted by atomic mass is 16.3. The van der Waals surface area contributed by atoms with Gasteiger partial charge in [0.05, 0.1) is 18.7 Å². The first-order valence-electron chi connectivity index (χ1n) is 5.43. The normalized spacial score (nSPS) is 11.0. The molecule has 94 valence electrons. The third kappa shape index (κ3) is 5.67. The minimum Gasteiger partial charge on any atom is -0.388 e. The van der Waals surface area contributed by atoms with Crippen LogP contribution in [0.3, 0.4) is 0 Å². The van der Waals surface area contributed by atoms with Gasteiger partial charge in [-0.25, -0.2) is 0 Å². The van der Waals surface area contributed by atoms with E-state index >= 15 is 0 Å². The first kappa shape index (κ1) is 14.9. The molecule has 0 radical (unpaired) electrons. The second-order valence-corrected chi connectivity index (χ2v) is 3.69. The van der Waals surface area contributed by atoms with Crippen molar-refractivity contribution in [2.24, 2.45) is 5.73 Å². The quantitative estimate of drug-likeness (QED) is 0.438. The van der Waals surface area contributed by atoms with Gasteiger partial charge in [0.15, 0.2) is 0 Å². The third-order valence-corrected chi connectivity index (χ3v) is 2.56. The van der Waals surface area contributed by atoms with Crippen LogP contribution in [0.5, 0.6) is 0 Å². The summed E-state index contributed by atoms with van der Waals surface area (Å²) in [6.07, 6.45) is 1.14. The lowest BCUT2D eigenvalue weighted by molar-refractivity contribution is -0.126. The summed E-state index contributed by atoms with van der Waals surface area (Å²) in [7, 11) is 0. The van der Waals surface area contributed by atoms with Gasteiger partial charge in [-0.1, -0.05) is 13.8 Å². The summed E-state index contributed by atoms with van der Waals surface area (Å²) >= 11 is 0. The predicted molar refractivity (Wildman–Crippen MR) is 60.6 cm³/mol. The van der Waals surface area contributed by atoms with E-state index in [-0.39, 0.29) is 31.4 Å². The highest BCUT2D eigenvalue weighted by Crippen LogP contribution is 2.12. The number of rotatable bonds is 7. The molecule has 0 heterocycles. The van der Waals surface area contributed by atoms with Crippen LogP contribution in [-0.2, 0) is 9.59 Å².